The molecule has 2 aromatic heterocycles. The van der Waals surface area contributed by atoms with Crippen LogP contribution in [0.2, 0.25) is 0 Å². The van der Waals surface area contributed by atoms with Crippen molar-refractivity contribution in [3.8, 4) is 11.5 Å². The van der Waals surface area contributed by atoms with Crippen LogP contribution in [0.5, 0.6) is 11.5 Å². The lowest BCUT2D eigenvalue weighted by Crippen LogP contribution is -2.43. The first-order valence-corrected chi connectivity index (χ1v) is 9.10. The fourth-order valence-corrected chi connectivity index (χ4v) is 3.34. The molecule has 0 fully saturated rings. The number of likely N-dealkylation sites (N-methyl/N-ethyl adjacent to an activating group) is 1. The van der Waals surface area contributed by atoms with Crippen molar-refractivity contribution in [2.75, 3.05) is 20.2 Å². The Labute approximate surface area is 165 Å². The molecule has 1 amide bonds. The normalized spacial score (nSPS) is 15.5. The van der Waals surface area contributed by atoms with Crippen molar-refractivity contribution in [2.24, 2.45) is 14.1 Å². The summed E-state index contributed by atoms with van der Waals surface area (Å²) in [5.41, 5.74) is -0.501. The molecule has 0 radical (unpaired) electrons. The van der Waals surface area contributed by atoms with Gasteiger partial charge in [-0.15, -0.1) is 0 Å². The van der Waals surface area contributed by atoms with Crippen molar-refractivity contribution >= 4 is 17.1 Å². The molecule has 3 heterocycles. The van der Waals surface area contributed by atoms with Crippen molar-refractivity contribution in [3.63, 3.8) is 0 Å². The minimum absolute atomic E-state index is 0.0788. The van der Waals surface area contributed by atoms with E-state index in [-0.39, 0.29) is 29.7 Å². The van der Waals surface area contributed by atoms with Crippen LogP contribution >= 0.6 is 0 Å². The first kappa shape index (κ1) is 18.8. The van der Waals surface area contributed by atoms with Gasteiger partial charge in [0.2, 0.25) is 5.91 Å². The third kappa shape index (κ3) is 3.26. The molecule has 10 nitrogen and oxygen atoms in total. The number of carbonyl (C=O) groups is 1. The number of amides is 1. The van der Waals surface area contributed by atoms with Gasteiger partial charge in [0.05, 0.1) is 12.9 Å². The molecule has 0 N–H and O–H groups in total. The van der Waals surface area contributed by atoms with E-state index in [0.29, 0.717) is 24.7 Å². The Hall–Kier alpha value is -3.56. The van der Waals surface area contributed by atoms with Crippen molar-refractivity contribution in [3.05, 3.63) is 51.4 Å². The van der Waals surface area contributed by atoms with Gasteiger partial charge in [0.25, 0.3) is 5.56 Å². The van der Waals surface area contributed by atoms with E-state index in [1.807, 2.05) is 24.3 Å². The Morgan fingerprint density at radius 3 is 2.69 bits per heavy atom. The summed E-state index contributed by atoms with van der Waals surface area (Å²) in [6, 6.07) is 7.38. The van der Waals surface area contributed by atoms with Crippen LogP contribution in [0.1, 0.15) is 0 Å². The van der Waals surface area contributed by atoms with Gasteiger partial charge in [0, 0.05) is 21.1 Å². The summed E-state index contributed by atoms with van der Waals surface area (Å²) >= 11 is 0. The van der Waals surface area contributed by atoms with E-state index in [1.165, 1.54) is 34.5 Å². The van der Waals surface area contributed by atoms with Crippen LogP contribution in [0, 0.1) is 0 Å². The van der Waals surface area contributed by atoms with E-state index < -0.39 is 11.2 Å². The smallest absolute Gasteiger partial charge is 0.332 e. The molecule has 3 aromatic rings. The summed E-state index contributed by atoms with van der Waals surface area (Å²) in [5.74, 6) is 1.11. The first-order valence-electron chi connectivity index (χ1n) is 9.10. The predicted molar refractivity (Wildman–Crippen MR) is 104 cm³/mol. The van der Waals surface area contributed by atoms with Crippen LogP contribution in [0.4, 0.5) is 0 Å². The minimum Gasteiger partial charge on any atom is -0.486 e. The highest BCUT2D eigenvalue weighted by Crippen LogP contribution is 2.30. The number of hydrogen-bond acceptors (Lipinski definition) is 6. The predicted octanol–water partition coefficient (Wildman–Crippen LogP) is -0.268. The zero-order valence-corrected chi connectivity index (χ0v) is 16.4. The topological polar surface area (TPSA) is 101 Å². The molecule has 0 saturated carbocycles. The second kappa shape index (κ2) is 7.12. The fourth-order valence-electron chi connectivity index (χ4n) is 3.34. The molecule has 0 unspecified atom stereocenters. The van der Waals surface area contributed by atoms with E-state index in [9.17, 15) is 14.4 Å². The number of rotatable bonds is 4. The molecule has 0 aliphatic carbocycles. The maximum absolute atomic E-state index is 12.7. The summed E-state index contributed by atoms with van der Waals surface area (Å²) in [7, 11) is 4.60. The number of carbonyl (C=O) groups excluding carboxylic acids is 1. The maximum atomic E-state index is 12.7. The molecule has 0 bridgehead atoms. The summed E-state index contributed by atoms with van der Waals surface area (Å²) in [6.45, 7) is 0.589. The fraction of sp³-hybridized carbons (Fsp3) is 0.368. The van der Waals surface area contributed by atoms with Gasteiger partial charge in [0.1, 0.15) is 13.2 Å². The molecule has 4 rings (SSSR count). The van der Waals surface area contributed by atoms with Crippen molar-refractivity contribution in [1.29, 1.82) is 0 Å². The van der Waals surface area contributed by atoms with Crippen molar-refractivity contribution in [1.82, 2.24) is 23.6 Å². The zero-order chi connectivity index (χ0) is 20.7. The Morgan fingerprint density at radius 2 is 1.93 bits per heavy atom. The largest absolute Gasteiger partial charge is 0.486 e. The highest BCUT2D eigenvalue weighted by Gasteiger charge is 2.24. The highest BCUT2D eigenvalue weighted by molar-refractivity contribution is 5.78. The van der Waals surface area contributed by atoms with Crippen LogP contribution in [0.25, 0.3) is 11.2 Å². The van der Waals surface area contributed by atoms with E-state index in [1.54, 1.807) is 7.05 Å². The molecule has 152 valence electrons. The molecule has 0 saturated heterocycles. The second-order valence-corrected chi connectivity index (χ2v) is 7.02. The molecule has 10 heteroatoms. The number of para-hydroxylation sites is 2. The highest BCUT2D eigenvalue weighted by atomic mass is 16.6. The van der Waals surface area contributed by atoms with E-state index >= 15 is 0 Å². The van der Waals surface area contributed by atoms with Crippen LogP contribution in [0.3, 0.4) is 0 Å². The number of fused-ring (bicyclic) bond motifs is 2. The van der Waals surface area contributed by atoms with Gasteiger partial charge < -0.3 is 18.9 Å². The van der Waals surface area contributed by atoms with Gasteiger partial charge in [-0.05, 0) is 12.1 Å². The SMILES string of the molecule is CN(C[C@H]1COc2ccccc2O1)C(=O)Cn1cnc2c1c(=O)n(C)c(=O)n2C. The maximum Gasteiger partial charge on any atom is 0.332 e. The van der Waals surface area contributed by atoms with Crippen molar-refractivity contribution < 1.29 is 14.3 Å². The van der Waals surface area contributed by atoms with Crippen LogP contribution in [-0.2, 0) is 25.4 Å². The summed E-state index contributed by atoms with van der Waals surface area (Å²) < 4.78 is 15.3. The van der Waals surface area contributed by atoms with Gasteiger partial charge in [-0.3, -0.25) is 18.7 Å². The van der Waals surface area contributed by atoms with Crippen molar-refractivity contribution in [2.45, 2.75) is 12.6 Å². The zero-order valence-electron chi connectivity index (χ0n) is 16.4. The van der Waals surface area contributed by atoms with E-state index in [4.69, 9.17) is 9.47 Å². The number of nitrogens with zero attached hydrogens (tertiary/aromatic N) is 5. The van der Waals surface area contributed by atoms with Gasteiger partial charge in [-0.2, -0.15) is 0 Å². The average molecular weight is 399 g/mol. The summed E-state index contributed by atoms with van der Waals surface area (Å²) in [4.78, 5) is 42.9. The van der Waals surface area contributed by atoms with Crippen LogP contribution < -0.4 is 20.7 Å². The molecule has 1 aliphatic heterocycles. The Morgan fingerprint density at radius 1 is 1.21 bits per heavy atom. The minimum atomic E-state index is -0.489. The quantitative estimate of drug-likeness (QED) is 0.599. The van der Waals surface area contributed by atoms with Gasteiger partial charge >= 0.3 is 5.69 Å². The van der Waals surface area contributed by atoms with Crippen LogP contribution in [-0.4, -0.2) is 55.8 Å². The second-order valence-electron chi connectivity index (χ2n) is 7.02. The third-order valence-electron chi connectivity index (χ3n) is 4.99. The lowest BCUT2D eigenvalue weighted by molar-refractivity contribution is -0.131. The molecule has 1 atom stereocenters. The Kier molecular flexibility index (Phi) is 4.61. The number of aromatic nitrogens is 4. The van der Waals surface area contributed by atoms with Crippen LogP contribution in [0.15, 0.2) is 40.2 Å². The average Bonchev–Trinajstić information content (AvgIpc) is 3.14. The molecule has 0 spiro atoms. The van der Waals surface area contributed by atoms with Gasteiger partial charge in [-0.1, -0.05) is 12.1 Å². The molecule has 1 aliphatic rings. The standard InChI is InChI=1S/C19H21N5O5/c1-21(8-12-10-28-13-6-4-5-7-14(13)29-12)15(25)9-24-11-20-17-16(24)18(26)23(3)19(27)22(17)2/h4-7,11-12H,8-10H2,1-3H3/t12-/m0/s1. The van der Waals surface area contributed by atoms with Gasteiger partial charge in [-0.25, -0.2) is 9.78 Å². The molecule has 29 heavy (non-hydrogen) atoms. The monoisotopic (exact) mass is 399 g/mol. The Bertz CT molecular complexity index is 1210. The molecular formula is C19H21N5O5. The van der Waals surface area contributed by atoms with E-state index in [0.717, 1.165) is 4.57 Å². The number of imidazole rings is 1. The molecular weight excluding hydrogens is 378 g/mol. The lowest BCUT2D eigenvalue weighted by Gasteiger charge is -2.29. The lowest BCUT2D eigenvalue weighted by atomic mass is 10.2. The third-order valence-corrected chi connectivity index (χ3v) is 4.99. The Balaban J connectivity index is 1.50. The number of aryl methyl sites for hydroxylation is 1. The molecule has 1 aromatic carbocycles. The number of hydrogen-bond donors (Lipinski definition) is 0. The van der Waals surface area contributed by atoms with Gasteiger partial charge in [0.15, 0.2) is 28.8 Å². The summed E-state index contributed by atoms with van der Waals surface area (Å²) in [6.07, 6.45) is 1.10. The number of ether oxygens (including phenoxy) is 2. The number of benzene rings is 1. The summed E-state index contributed by atoms with van der Waals surface area (Å²) in [5, 5.41) is 0. The van der Waals surface area contributed by atoms with E-state index in [2.05, 4.69) is 4.98 Å². The first-order chi connectivity index (χ1) is 13.9.